The predicted molar refractivity (Wildman–Crippen MR) is 107 cm³/mol. The predicted octanol–water partition coefficient (Wildman–Crippen LogP) is 3.92. The smallest absolute Gasteiger partial charge is 0.338 e. The van der Waals surface area contributed by atoms with Crippen molar-refractivity contribution in [3.05, 3.63) is 82.7 Å². The summed E-state index contributed by atoms with van der Waals surface area (Å²) < 4.78 is 18.0. The number of hydrogen-bond donors (Lipinski definition) is 0. The van der Waals surface area contributed by atoms with Crippen LogP contribution in [0.4, 0.5) is 0 Å². The number of fused-ring (bicyclic) bond motifs is 1. The third kappa shape index (κ3) is 3.87. The molecule has 0 saturated carbocycles. The lowest BCUT2D eigenvalue weighted by atomic mass is 10.1. The van der Waals surface area contributed by atoms with Gasteiger partial charge < -0.3 is 18.8 Å². The molecule has 1 aromatic heterocycles. The van der Waals surface area contributed by atoms with Crippen molar-refractivity contribution in [2.24, 2.45) is 0 Å². The van der Waals surface area contributed by atoms with E-state index in [0.29, 0.717) is 17.7 Å². The first-order chi connectivity index (χ1) is 14.0. The SMILES string of the molecule is Cc1cc(C(=O)COC(=O)c2ccccc2)c(C)n1Cc1ccc2c(c1)OCO2. The fourth-order valence-corrected chi connectivity index (χ4v) is 3.42. The van der Waals surface area contributed by atoms with E-state index in [2.05, 4.69) is 4.57 Å². The van der Waals surface area contributed by atoms with Crippen LogP contribution in [0.2, 0.25) is 0 Å². The van der Waals surface area contributed by atoms with Gasteiger partial charge in [-0.15, -0.1) is 0 Å². The van der Waals surface area contributed by atoms with Gasteiger partial charge in [0.15, 0.2) is 18.1 Å². The summed E-state index contributed by atoms with van der Waals surface area (Å²) in [5.74, 6) is 0.743. The second-order valence-electron chi connectivity index (χ2n) is 6.92. The van der Waals surface area contributed by atoms with Gasteiger partial charge in [-0.3, -0.25) is 4.79 Å². The highest BCUT2D eigenvalue weighted by Gasteiger charge is 2.19. The number of nitrogens with zero attached hydrogens (tertiary/aromatic N) is 1. The van der Waals surface area contributed by atoms with Gasteiger partial charge in [0.1, 0.15) is 0 Å². The summed E-state index contributed by atoms with van der Waals surface area (Å²) in [5.41, 5.74) is 3.82. The second-order valence-corrected chi connectivity index (χ2v) is 6.92. The zero-order chi connectivity index (χ0) is 20.4. The average Bonchev–Trinajstić information content (AvgIpc) is 3.31. The molecule has 0 amide bonds. The molecule has 0 aliphatic carbocycles. The Morgan fingerprint density at radius 3 is 2.55 bits per heavy atom. The first-order valence-electron chi connectivity index (χ1n) is 9.33. The summed E-state index contributed by atoms with van der Waals surface area (Å²) in [7, 11) is 0. The Balaban J connectivity index is 1.46. The lowest BCUT2D eigenvalue weighted by Crippen LogP contribution is -2.15. The Labute approximate surface area is 168 Å². The molecule has 2 heterocycles. The van der Waals surface area contributed by atoms with E-state index in [1.54, 1.807) is 24.3 Å². The molecule has 6 nitrogen and oxygen atoms in total. The van der Waals surface area contributed by atoms with Crippen LogP contribution in [0.15, 0.2) is 54.6 Å². The number of Topliss-reactive ketones (excluding diaryl/α,β-unsaturated/α-hetero) is 1. The van der Waals surface area contributed by atoms with Crippen LogP contribution in [0.3, 0.4) is 0 Å². The maximum atomic E-state index is 12.6. The molecule has 0 saturated heterocycles. The largest absolute Gasteiger partial charge is 0.454 e. The lowest BCUT2D eigenvalue weighted by Gasteiger charge is -2.11. The zero-order valence-corrected chi connectivity index (χ0v) is 16.3. The molecule has 2 aromatic carbocycles. The van der Waals surface area contributed by atoms with E-state index in [1.807, 2.05) is 44.2 Å². The number of aryl methyl sites for hydroxylation is 1. The van der Waals surface area contributed by atoms with E-state index in [-0.39, 0.29) is 19.2 Å². The summed E-state index contributed by atoms with van der Waals surface area (Å²) >= 11 is 0. The van der Waals surface area contributed by atoms with Gasteiger partial charge in [0.2, 0.25) is 12.6 Å². The number of aromatic nitrogens is 1. The van der Waals surface area contributed by atoms with E-state index < -0.39 is 5.97 Å². The summed E-state index contributed by atoms with van der Waals surface area (Å²) in [4.78, 5) is 24.7. The molecule has 0 radical (unpaired) electrons. The van der Waals surface area contributed by atoms with Gasteiger partial charge in [-0.25, -0.2) is 4.79 Å². The molecule has 4 rings (SSSR count). The Bertz CT molecular complexity index is 1070. The van der Waals surface area contributed by atoms with Gasteiger partial charge in [-0.1, -0.05) is 24.3 Å². The van der Waals surface area contributed by atoms with Gasteiger partial charge >= 0.3 is 5.97 Å². The van der Waals surface area contributed by atoms with Crippen molar-refractivity contribution < 1.29 is 23.8 Å². The number of carbonyl (C=O) groups excluding carboxylic acids is 2. The minimum atomic E-state index is -0.506. The summed E-state index contributed by atoms with van der Waals surface area (Å²) in [5, 5.41) is 0. The number of ether oxygens (including phenoxy) is 3. The number of hydrogen-bond acceptors (Lipinski definition) is 5. The maximum absolute atomic E-state index is 12.6. The zero-order valence-electron chi connectivity index (χ0n) is 16.3. The van der Waals surface area contributed by atoms with Gasteiger partial charge in [0, 0.05) is 23.5 Å². The maximum Gasteiger partial charge on any atom is 0.338 e. The quantitative estimate of drug-likeness (QED) is 0.471. The standard InChI is InChI=1S/C23H21NO5/c1-15-10-19(20(25)13-27-23(26)18-6-4-3-5-7-18)16(2)24(15)12-17-8-9-21-22(11-17)29-14-28-21/h3-11H,12-14H2,1-2H3. The van der Waals surface area contributed by atoms with Crippen molar-refractivity contribution in [1.29, 1.82) is 0 Å². The van der Waals surface area contributed by atoms with E-state index in [4.69, 9.17) is 14.2 Å². The molecule has 1 aliphatic heterocycles. The van der Waals surface area contributed by atoms with E-state index >= 15 is 0 Å². The van der Waals surface area contributed by atoms with Crippen molar-refractivity contribution in [1.82, 2.24) is 4.57 Å². The first kappa shape index (κ1) is 18.8. The van der Waals surface area contributed by atoms with Crippen molar-refractivity contribution in [3.8, 4) is 11.5 Å². The van der Waals surface area contributed by atoms with Crippen molar-refractivity contribution in [2.75, 3.05) is 13.4 Å². The number of esters is 1. The number of ketones is 1. The highest BCUT2D eigenvalue weighted by Crippen LogP contribution is 2.33. The topological polar surface area (TPSA) is 66.8 Å². The van der Waals surface area contributed by atoms with Gasteiger partial charge in [-0.05, 0) is 49.7 Å². The Morgan fingerprint density at radius 2 is 1.76 bits per heavy atom. The highest BCUT2D eigenvalue weighted by atomic mass is 16.7. The summed E-state index contributed by atoms with van der Waals surface area (Å²) in [6.07, 6.45) is 0. The minimum Gasteiger partial charge on any atom is -0.454 e. The number of rotatable bonds is 6. The molecule has 0 spiro atoms. The second kappa shape index (κ2) is 7.83. The van der Waals surface area contributed by atoms with Crippen molar-refractivity contribution in [2.45, 2.75) is 20.4 Å². The van der Waals surface area contributed by atoms with Crippen molar-refractivity contribution in [3.63, 3.8) is 0 Å². The third-order valence-corrected chi connectivity index (χ3v) is 5.00. The number of benzene rings is 2. The Hall–Kier alpha value is -3.54. The van der Waals surface area contributed by atoms with Gasteiger partial charge in [0.05, 0.1) is 5.56 Å². The Morgan fingerprint density at radius 1 is 1.00 bits per heavy atom. The lowest BCUT2D eigenvalue weighted by molar-refractivity contribution is 0.0474. The van der Waals surface area contributed by atoms with Crippen LogP contribution in [0, 0.1) is 13.8 Å². The molecule has 3 aromatic rings. The molecule has 0 bridgehead atoms. The van der Waals surface area contributed by atoms with Crippen LogP contribution in [0.25, 0.3) is 0 Å². The molecule has 148 valence electrons. The van der Waals surface area contributed by atoms with E-state index in [0.717, 1.165) is 28.5 Å². The van der Waals surface area contributed by atoms with Gasteiger partial charge in [0.25, 0.3) is 0 Å². The van der Waals surface area contributed by atoms with Crippen LogP contribution in [0.1, 0.15) is 37.7 Å². The van der Waals surface area contributed by atoms with Crippen molar-refractivity contribution >= 4 is 11.8 Å². The monoisotopic (exact) mass is 391 g/mol. The van der Waals surface area contributed by atoms with Crippen LogP contribution in [0.5, 0.6) is 11.5 Å². The van der Waals surface area contributed by atoms with Crippen LogP contribution >= 0.6 is 0 Å². The highest BCUT2D eigenvalue weighted by molar-refractivity contribution is 6.00. The van der Waals surface area contributed by atoms with Gasteiger partial charge in [-0.2, -0.15) is 0 Å². The molecule has 29 heavy (non-hydrogen) atoms. The molecule has 0 fully saturated rings. The van der Waals surface area contributed by atoms with E-state index in [1.165, 1.54) is 0 Å². The first-order valence-corrected chi connectivity index (χ1v) is 9.33. The average molecular weight is 391 g/mol. The molecular weight excluding hydrogens is 370 g/mol. The number of carbonyl (C=O) groups is 2. The fraction of sp³-hybridized carbons (Fsp3) is 0.217. The third-order valence-electron chi connectivity index (χ3n) is 5.00. The molecular formula is C23H21NO5. The molecule has 0 N–H and O–H groups in total. The van der Waals surface area contributed by atoms with Crippen LogP contribution in [-0.4, -0.2) is 29.7 Å². The molecule has 1 aliphatic rings. The van der Waals surface area contributed by atoms with Crippen LogP contribution in [-0.2, 0) is 11.3 Å². The molecule has 6 heteroatoms. The fourth-order valence-electron chi connectivity index (χ4n) is 3.42. The van der Waals surface area contributed by atoms with E-state index in [9.17, 15) is 9.59 Å². The summed E-state index contributed by atoms with van der Waals surface area (Å²) in [6.45, 7) is 4.40. The Kier molecular flexibility index (Phi) is 5.08. The normalized spacial score (nSPS) is 12.1. The van der Waals surface area contributed by atoms with Crippen LogP contribution < -0.4 is 9.47 Å². The summed E-state index contributed by atoms with van der Waals surface area (Å²) in [6, 6.07) is 16.3. The molecule has 0 atom stereocenters. The minimum absolute atomic E-state index is 0.223. The molecule has 0 unspecified atom stereocenters.